The van der Waals surface area contributed by atoms with E-state index in [4.69, 9.17) is 4.98 Å². The largest absolute Gasteiger partial charge is 0.287 e. The average molecular weight is 311 g/mol. The Balaban J connectivity index is 2.07. The number of rotatable bonds is 1. The van der Waals surface area contributed by atoms with Crippen LogP contribution in [0.15, 0.2) is 65.6 Å². The van der Waals surface area contributed by atoms with Crippen molar-refractivity contribution in [3.63, 3.8) is 0 Å². The zero-order valence-electron chi connectivity index (χ0n) is 13.0. The SMILES string of the molecule is Cc1ccc(-c2nc3nccc4c(=O)c5ccccc5c2n34)cc1. The lowest BCUT2D eigenvalue weighted by Crippen LogP contribution is -2.08. The van der Waals surface area contributed by atoms with E-state index in [1.165, 1.54) is 5.56 Å². The summed E-state index contributed by atoms with van der Waals surface area (Å²) in [4.78, 5) is 21.9. The number of imidazole rings is 1. The molecule has 0 unspecified atom stereocenters. The van der Waals surface area contributed by atoms with E-state index in [1.807, 2.05) is 28.7 Å². The van der Waals surface area contributed by atoms with Gasteiger partial charge in [0.2, 0.25) is 11.2 Å². The molecule has 0 atom stereocenters. The highest BCUT2D eigenvalue weighted by molar-refractivity contribution is 6.05. The molecule has 5 aromatic rings. The lowest BCUT2D eigenvalue weighted by Gasteiger charge is -2.06. The van der Waals surface area contributed by atoms with Crippen LogP contribution < -0.4 is 5.43 Å². The Kier molecular flexibility index (Phi) is 2.54. The minimum absolute atomic E-state index is 0.0124. The van der Waals surface area contributed by atoms with Crippen LogP contribution in [0.2, 0.25) is 0 Å². The maximum absolute atomic E-state index is 12.8. The predicted molar refractivity (Wildman–Crippen MR) is 95.6 cm³/mol. The lowest BCUT2D eigenvalue weighted by atomic mass is 10.0. The number of nitrogens with zero attached hydrogens (tertiary/aromatic N) is 3. The van der Waals surface area contributed by atoms with Crippen LogP contribution >= 0.6 is 0 Å². The van der Waals surface area contributed by atoms with E-state index in [0.29, 0.717) is 16.7 Å². The van der Waals surface area contributed by atoms with E-state index in [-0.39, 0.29) is 5.43 Å². The van der Waals surface area contributed by atoms with E-state index in [2.05, 4.69) is 36.2 Å². The Hall–Kier alpha value is -3.27. The van der Waals surface area contributed by atoms with Gasteiger partial charge in [-0.3, -0.25) is 9.20 Å². The predicted octanol–water partition coefficient (Wildman–Crippen LogP) is 3.81. The standard InChI is InChI=1S/C20H13N3O/c1-12-6-8-13(9-7-12)17-18-14-4-2-3-5-15(14)19(24)16-10-11-21-20(22-17)23(16)18/h2-11H,1H3. The highest BCUT2D eigenvalue weighted by Crippen LogP contribution is 2.31. The number of fused-ring (bicyclic) bond motifs is 2. The molecule has 0 fully saturated rings. The third-order valence-electron chi connectivity index (χ3n) is 4.51. The Morgan fingerprint density at radius 1 is 0.917 bits per heavy atom. The van der Waals surface area contributed by atoms with Crippen molar-refractivity contribution >= 4 is 27.6 Å². The molecule has 3 aromatic heterocycles. The fourth-order valence-electron chi connectivity index (χ4n) is 3.34. The molecular weight excluding hydrogens is 298 g/mol. The van der Waals surface area contributed by atoms with Crippen molar-refractivity contribution in [2.75, 3.05) is 0 Å². The molecule has 0 saturated carbocycles. The van der Waals surface area contributed by atoms with Crippen molar-refractivity contribution in [2.45, 2.75) is 6.92 Å². The van der Waals surface area contributed by atoms with E-state index in [1.54, 1.807) is 12.3 Å². The van der Waals surface area contributed by atoms with E-state index >= 15 is 0 Å². The summed E-state index contributed by atoms with van der Waals surface area (Å²) in [5, 5.41) is 1.62. The molecule has 114 valence electrons. The molecule has 3 heterocycles. The van der Waals surface area contributed by atoms with Gasteiger partial charge in [0.1, 0.15) is 0 Å². The second-order valence-electron chi connectivity index (χ2n) is 6.02. The van der Waals surface area contributed by atoms with Crippen LogP contribution in [0, 0.1) is 6.92 Å². The van der Waals surface area contributed by atoms with Crippen molar-refractivity contribution in [1.82, 2.24) is 14.4 Å². The second kappa shape index (κ2) is 4.61. The third kappa shape index (κ3) is 1.65. The Bertz CT molecular complexity index is 1270. The Labute approximate surface area is 137 Å². The molecule has 0 bridgehead atoms. The first kappa shape index (κ1) is 13.2. The fourth-order valence-corrected chi connectivity index (χ4v) is 3.34. The van der Waals surface area contributed by atoms with Crippen molar-refractivity contribution < 1.29 is 0 Å². The summed E-state index contributed by atoms with van der Waals surface area (Å²) in [6.45, 7) is 2.06. The number of pyridine rings is 1. The molecular formula is C20H13N3O. The van der Waals surface area contributed by atoms with Crippen molar-refractivity contribution in [3.8, 4) is 11.3 Å². The third-order valence-corrected chi connectivity index (χ3v) is 4.51. The molecule has 24 heavy (non-hydrogen) atoms. The second-order valence-corrected chi connectivity index (χ2v) is 6.02. The number of hydrogen-bond donors (Lipinski definition) is 0. The van der Waals surface area contributed by atoms with Gasteiger partial charge in [-0.05, 0) is 13.0 Å². The van der Waals surface area contributed by atoms with Gasteiger partial charge in [-0.2, -0.15) is 0 Å². The van der Waals surface area contributed by atoms with Gasteiger partial charge >= 0.3 is 0 Å². The zero-order chi connectivity index (χ0) is 16.3. The quantitative estimate of drug-likeness (QED) is 0.442. The first-order valence-electron chi connectivity index (χ1n) is 7.82. The Morgan fingerprint density at radius 2 is 1.67 bits per heavy atom. The van der Waals surface area contributed by atoms with Gasteiger partial charge in [-0.25, -0.2) is 9.97 Å². The van der Waals surface area contributed by atoms with Gasteiger partial charge in [0.15, 0.2) is 0 Å². The average Bonchev–Trinajstić information content (AvgIpc) is 3.01. The van der Waals surface area contributed by atoms with Gasteiger partial charge in [0.25, 0.3) is 0 Å². The minimum Gasteiger partial charge on any atom is -0.287 e. The smallest absolute Gasteiger partial charge is 0.235 e. The normalized spacial score (nSPS) is 11.7. The van der Waals surface area contributed by atoms with Crippen LogP contribution in [-0.4, -0.2) is 14.4 Å². The fraction of sp³-hybridized carbons (Fsp3) is 0.0500. The first-order valence-corrected chi connectivity index (χ1v) is 7.82. The molecule has 0 spiro atoms. The van der Waals surface area contributed by atoms with E-state index in [0.717, 1.165) is 22.2 Å². The van der Waals surface area contributed by atoms with Crippen molar-refractivity contribution in [3.05, 3.63) is 76.6 Å². The number of aromatic nitrogens is 3. The van der Waals surface area contributed by atoms with E-state index in [9.17, 15) is 4.79 Å². The highest BCUT2D eigenvalue weighted by Gasteiger charge is 2.18. The van der Waals surface area contributed by atoms with Gasteiger partial charge in [0.05, 0.1) is 16.7 Å². The van der Waals surface area contributed by atoms with Gasteiger partial charge in [0, 0.05) is 22.5 Å². The summed E-state index contributed by atoms with van der Waals surface area (Å²) in [6, 6.07) is 17.7. The summed E-state index contributed by atoms with van der Waals surface area (Å²) in [5.41, 5.74) is 4.64. The van der Waals surface area contributed by atoms with Gasteiger partial charge in [-0.15, -0.1) is 0 Å². The molecule has 4 heteroatoms. The van der Waals surface area contributed by atoms with Crippen LogP contribution in [0.4, 0.5) is 0 Å². The van der Waals surface area contributed by atoms with Crippen LogP contribution in [0.3, 0.4) is 0 Å². The van der Waals surface area contributed by atoms with Crippen LogP contribution in [0.5, 0.6) is 0 Å². The molecule has 0 aliphatic heterocycles. The maximum Gasteiger partial charge on any atom is 0.235 e. The maximum atomic E-state index is 12.8. The molecule has 0 aliphatic rings. The summed E-state index contributed by atoms with van der Waals surface area (Å²) in [7, 11) is 0. The number of aryl methyl sites for hydroxylation is 1. The zero-order valence-corrected chi connectivity index (χ0v) is 13.0. The molecule has 2 aromatic carbocycles. The molecule has 0 amide bonds. The molecule has 0 aliphatic carbocycles. The topological polar surface area (TPSA) is 47.3 Å². The lowest BCUT2D eigenvalue weighted by molar-refractivity contribution is 1.17. The number of hydrogen-bond acceptors (Lipinski definition) is 3. The summed E-state index contributed by atoms with van der Waals surface area (Å²) in [5.74, 6) is 0.556. The summed E-state index contributed by atoms with van der Waals surface area (Å²) < 4.78 is 1.87. The van der Waals surface area contributed by atoms with Crippen LogP contribution in [0.25, 0.3) is 38.8 Å². The van der Waals surface area contributed by atoms with Crippen molar-refractivity contribution in [2.24, 2.45) is 0 Å². The molecule has 0 radical (unpaired) electrons. The monoisotopic (exact) mass is 311 g/mol. The summed E-state index contributed by atoms with van der Waals surface area (Å²) >= 11 is 0. The first-order chi connectivity index (χ1) is 11.7. The molecule has 0 N–H and O–H groups in total. The highest BCUT2D eigenvalue weighted by atomic mass is 16.1. The molecule has 4 nitrogen and oxygen atoms in total. The van der Waals surface area contributed by atoms with Crippen molar-refractivity contribution in [1.29, 1.82) is 0 Å². The van der Waals surface area contributed by atoms with Gasteiger partial charge < -0.3 is 0 Å². The van der Waals surface area contributed by atoms with Crippen LogP contribution in [-0.2, 0) is 0 Å². The Morgan fingerprint density at radius 3 is 2.46 bits per heavy atom. The number of benzene rings is 2. The molecule has 5 rings (SSSR count). The van der Waals surface area contributed by atoms with Gasteiger partial charge in [-0.1, -0.05) is 54.1 Å². The van der Waals surface area contributed by atoms with E-state index < -0.39 is 0 Å². The molecule has 0 saturated heterocycles. The summed E-state index contributed by atoms with van der Waals surface area (Å²) in [6.07, 6.45) is 1.65. The van der Waals surface area contributed by atoms with Crippen LogP contribution in [0.1, 0.15) is 5.56 Å². The minimum atomic E-state index is 0.0124.